The third-order valence-corrected chi connectivity index (χ3v) is 7.69. The molecule has 7 nitrogen and oxygen atoms in total. The SMILES string of the molecule is CC[C@H](C)[C@@H](CO)NC(=O)[C@H](C)NC(=O)[C@@H]1N2C(=O)c3ccccc3[C@H]2SC1(C)C. The Morgan fingerprint density at radius 3 is 2.53 bits per heavy atom. The fourth-order valence-corrected chi connectivity index (χ4v) is 5.71. The number of carbonyl (C=O) groups is 3. The van der Waals surface area contributed by atoms with Crippen LogP contribution < -0.4 is 10.6 Å². The summed E-state index contributed by atoms with van der Waals surface area (Å²) in [6.45, 7) is 9.31. The molecule has 1 aromatic rings. The summed E-state index contributed by atoms with van der Waals surface area (Å²) in [6, 6.07) is 5.61. The quantitative estimate of drug-likeness (QED) is 0.611. The van der Waals surface area contributed by atoms with Gasteiger partial charge in [-0.15, -0.1) is 11.8 Å². The Hall–Kier alpha value is -2.06. The molecule has 3 amide bonds. The third kappa shape index (κ3) is 3.95. The summed E-state index contributed by atoms with van der Waals surface area (Å²) in [5, 5.41) is 14.9. The number of nitrogens with one attached hydrogen (secondary N) is 2. The lowest BCUT2D eigenvalue weighted by molar-refractivity contribution is -0.132. The van der Waals surface area contributed by atoms with E-state index in [4.69, 9.17) is 0 Å². The van der Waals surface area contributed by atoms with Gasteiger partial charge in [0.15, 0.2) is 0 Å². The zero-order valence-corrected chi connectivity index (χ0v) is 19.0. The van der Waals surface area contributed by atoms with E-state index in [1.54, 1.807) is 29.7 Å². The van der Waals surface area contributed by atoms with Crippen molar-refractivity contribution in [1.29, 1.82) is 0 Å². The zero-order valence-electron chi connectivity index (χ0n) is 18.1. The normalized spacial score (nSPS) is 24.6. The van der Waals surface area contributed by atoms with E-state index in [-0.39, 0.29) is 41.7 Å². The van der Waals surface area contributed by atoms with Crippen LogP contribution in [0.5, 0.6) is 0 Å². The van der Waals surface area contributed by atoms with Crippen LogP contribution in [0.1, 0.15) is 62.3 Å². The Morgan fingerprint density at radius 2 is 1.90 bits per heavy atom. The Morgan fingerprint density at radius 1 is 1.23 bits per heavy atom. The van der Waals surface area contributed by atoms with Gasteiger partial charge in [-0.1, -0.05) is 38.5 Å². The van der Waals surface area contributed by atoms with Gasteiger partial charge in [0.25, 0.3) is 5.91 Å². The van der Waals surface area contributed by atoms with Gasteiger partial charge in [0, 0.05) is 10.3 Å². The molecule has 2 aliphatic heterocycles. The van der Waals surface area contributed by atoms with Crippen LogP contribution >= 0.6 is 11.8 Å². The summed E-state index contributed by atoms with van der Waals surface area (Å²) in [5.74, 6) is -0.724. The van der Waals surface area contributed by atoms with Crippen molar-refractivity contribution in [2.75, 3.05) is 6.61 Å². The van der Waals surface area contributed by atoms with E-state index in [0.717, 1.165) is 12.0 Å². The number of rotatable bonds is 7. The molecule has 30 heavy (non-hydrogen) atoms. The maximum atomic E-state index is 13.2. The van der Waals surface area contributed by atoms with Gasteiger partial charge >= 0.3 is 0 Å². The highest BCUT2D eigenvalue weighted by Crippen LogP contribution is 2.56. The number of hydrogen-bond acceptors (Lipinski definition) is 5. The largest absolute Gasteiger partial charge is 0.394 e. The van der Waals surface area contributed by atoms with Gasteiger partial charge in [0.2, 0.25) is 11.8 Å². The van der Waals surface area contributed by atoms with Crippen molar-refractivity contribution in [3.05, 3.63) is 35.4 Å². The molecule has 0 saturated carbocycles. The lowest BCUT2D eigenvalue weighted by atomic mass is 9.99. The third-order valence-electron chi connectivity index (χ3n) is 6.15. The van der Waals surface area contributed by atoms with E-state index >= 15 is 0 Å². The second kappa shape index (κ2) is 8.59. The first-order valence-corrected chi connectivity index (χ1v) is 11.3. The second-order valence-corrected chi connectivity index (χ2v) is 10.4. The van der Waals surface area contributed by atoms with Gasteiger partial charge in [-0.2, -0.15) is 0 Å². The topological polar surface area (TPSA) is 98.7 Å². The predicted molar refractivity (Wildman–Crippen MR) is 117 cm³/mol. The van der Waals surface area contributed by atoms with Crippen LogP contribution in [0.3, 0.4) is 0 Å². The molecule has 3 rings (SSSR count). The summed E-state index contributed by atoms with van der Waals surface area (Å²) in [7, 11) is 0. The Labute approximate surface area is 182 Å². The number of carbonyl (C=O) groups excluding carboxylic acids is 3. The van der Waals surface area contributed by atoms with Crippen molar-refractivity contribution in [2.45, 2.75) is 69.3 Å². The van der Waals surface area contributed by atoms with Gasteiger partial charge in [-0.05, 0) is 38.3 Å². The molecule has 1 saturated heterocycles. The summed E-state index contributed by atoms with van der Waals surface area (Å²) < 4.78 is -0.501. The number of amides is 3. The molecule has 1 aromatic carbocycles. The minimum atomic E-state index is -0.782. The molecule has 8 heteroatoms. The molecule has 5 atom stereocenters. The maximum absolute atomic E-state index is 13.2. The fourth-order valence-electron chi connectivity index (χ4n) is 4.12. The molecule has 164 valence electrons. The molecular formula is C22H31N3O4S. The number of nitrogens with zero attached hydrogens (tertiary/aromatic N) is 1. The molecule has 2 heterocycles. The number of aliphatic hydroxyl groups is 1. The molecule has 1 fully saturated rings. The molecule has 0 spiro atoms. The summed E-state index contributed by atoms with van der Waals surface area (Å²) in [4.78, 5) is 40.5. The van der Waals surface area contributed by atoms with E-state index in [1.165, 1.54) is 0 Å². The molecule has 0 bridgehead atoms. The van der Waals surface area contributed by atoms with Crippen molar-refractivity contribution in [1.82, 2.24) is 15.5 Å². The number of thioether (sulfide) groups is 1. The Kier molecular flexibility index (Phi) is 6.48. The standard InChI is InChI=1S/C22H31N3O4S/c1-6-12(2)16(11-26)24-18(27)13(3)23-19(28)17-22(4,5)30-21-15-10-8-7-9-14(15)20(29)25(17)21/h7-10,12-13,16-17,21,26H,6,11H2,1-5H3,(H,23,28)(H,24,27)/t12-,13-,16+,17-,21+/m0/s1. The maximum Gasteiger partial charge on any atom is 0.256 e. The first kappa shape index (κ1) is 22.6. The van der Waals surface area contributed by atoms with Gasteiger partial charge in [0.05, 0.1) is 12.6 Å². The molecule has 0 aliphatic carbocycles. The number of fused-ring (bicyclic) bond motifs is 3. The highest BCUT2D eigenvalue weighted by Gasteiger charge is 2.57. The van der Waals surface area contributed by atoms with E-state index in [0.29, 0.717) is 5.56 Å². The lowest BCUT2D eigenvalue weighted by Crippen LogP contribution is -2.57. The van der Waals surface area contributed by atoms with Crippen LogP contribution in [-0.4, -0.2) is 57.2 Å². The van der Waals surface area contributed by atoms with E-state index in [1.807, 2.05) is 45.9 Å². The number of hydrogen-bond donors (Lipinski definition) is 3. The Balaban J connectivity index is 1.73. The number of aliphatic hydroxyl groups excluding tert-OH is 1. The Bertz CT molecular complexity index is 843. The van der Waals surface area contributed by atoms with Crippen LogP contribution in [-0.2, 0) is 9.59 Å². The smallest absolute Gasteiger partial charge is 0.256 e. The van der Waals surface area contributed by atoms with Crippen molar-refractivity contribution in [2.24, 2.45) is 5.92 Å². The first-order chi connectivity index (χ1) is 14.1. The van der Waals surface area contributed by atoms with E-state index in [2.05, 4.69) is 10.6 Å². The zero-order chi connectivity index (χ0) is 22.2. The summed E-state index contributed by atoms with van der Waals surface area (Å²) in [6.07, 6.45) is 0.818. The molecule has 0 aromatic heterocycles. The minimum absolute atomic E-state index is 0.119. The van der Waals surface area contributed by atoms with Crippen LogP contribution in [0.25, 0.3) is 0 Å². The van der Waals surface area contributed by atoms with Crippen molar-refractivity contribution in [3.63, 3.8) is 0 Å². The van der Waals surface area contributed by atoms with Crippen molar-refractivity contribution in [3.8, 4) is 0 Å². The highest BCUT2D eigenvalue weighted by molar-refractivity contribution is 8.01. The van der Waals surface area contributed by atoms with Crippen LogP contribution in [0, 0.1) is 5.92 Å². The van der Waals surface area contributed by atoms with Crippen molar-refractivity contribution >= 4 is 29.5 Å². The molecule has 0 unspecified atom stereocenters. The minimum Gasteiger partial charge on any atom is -0.394 e. The van der Waals surface area contributed by atoms with Crippen LogP contribution in [0.4, 0.5) is 0 Å². The van der Waals surface area contributed by atoms with Crippen molar-refractivity contribution < 1.29 is 19.5 Å². The van der Waals surface area contributed by atoms with Gasteiger partial charge in [-0.25, -0.2) is 0 Å². The van der Waals surface area contributed by atoms with Crippen LogP contribution in [0.2, 0.25) is 0 Å². The first-order valence-electron chi connectivity index (χ1n) is 10.4. The van der Waals surface area contributed by atoms with Gasteiger partial charge < -0.3 is 20.6 Å². The predicted octanol–water partition coefficient (Wildman–Crippen LogP) is 2.06. The second-order valence-electron chi connectivity index (χ2n) is 8.69. The average Bonchev–Trinajstić information content (AvgIpc) is 3.14. The monoisotopic (exact) mass is 433 g/mol. The van der Waals surface area contributed by atoms with Gasteiger partial charge in [-0.3, -0.25) is 14.4 Å². The lowest BCUT2D eigenvalue weighted by Gasteiger charge is -2.31. The average molecular weight is 434 g/mol. The van der Waals surface area contributed by atoms with E-state index < -0.39 is 16.8 Å². The number of benzene rings is 1. The molecule has 2 aliphatic rings. The van der Waals surface area contributed by atoms with Gasteiger partial charge in [0.1, 0.15) is 17.5 Å². The molecule has 0 radical (unpaired) electrons. The highest BCUT2D eigenvalue weighted by atomic mass is 32.2. The summed E-state index contributed by atoms with van der Waals surface area (Å²) >= 11 is 1.59. The molecule has 3 N–H and O–H groups in total. The summed E-state index contributed by atoms with van der Waals surface area (Å²) in [5.41, 5.74) is 1.56. The fraction of sp³-hybridized carbons (Fsp3) is 0.591. The van der Waals surface area contributed by atoms with Crippen LogP contribution in [0.15, 0.2) is 24.3 Å². The van der Waals surface area contributed by atoms with E-state index in [9.17, 15) is 19.5 Å². The molecular weight excluding hydrogens is 402 g/mol.